The number of likely N-dealkylation sites (tertiary alicyclic amines) is 1. The lowest BCUT2D eigenvalue weighted by Gasteiger charge is -2.21. The molecule has 1 fully saturated rings. The third-order valence-electron chi connectivity index (χ3n) is 3.20. The fourth-order valence-corrected chi connectivity index (χ4v) is 2.25. The number of rotatable bonds is 4. The zero-order valence-corrected chi connectivity index (χ0v) is 9.60. The normalized spacial score (nSPS) is 20.7. The SMILES string of the molecule is O=C(CN1CCCC1CO)c1cccc(F)c1. The van der Waals surface area contributed by atoms with Gasteiger partial charge in [-0.05, 0) is 31.5 Å². The Labute approximate surface area is 99.9 Å². The highest BCUT2D eigenvalue weighted by molar-refractivity contribution is 5.97. The van der Waals surface area contributed by atoms with Gasteiger partial charge in [0.25, 0.3) is 0 Å². The van der Waals surface area contributed by atoms with Crippen LogP contribution in [0.4, 0.5) is 4.39 Å². The minimum Gasteiger partial charge on any atom is -0.395 e. The van der Waals surface area contributed by atoms with Crippen LogP contribution in [-0.2, 0) is 0 Å². The fraction of sp³-hybridized carbons (Fsp3) is 0.462. The van der Waals surface area contributed by atoms with Crippen LogP contribution in [0.2, 0.25) is 0 Å². The molecule has 1 heterocycles. The number of carbonyl (C=O) groups excluding carboxylic acids is 1. The van der Waals surface area contributed by atoms with Crippen molar-refractivity contribution < 1.29 is 14.3 Å². The molecule has 1 unspecified atom stereocenters. The topological polar surface area (TPSA) is 40.5 Å². The van der Waals surface area contributed by atoms with Crippen LogP contribution < -0.4 is 0 Å². The van der Waals surface area contributed by atoms with E-state index in [0.717, 1.165) is 19.4 Å². The highest BCUT2D eigenvalue weighted by Crippen LogP contribution is 2.17. The molecule has 0 saturated carbocycles. The number of benzene rings is 1. The molecule has 0 amide bonds. The minimum atomic E-state index is -0.393. The first-order valence-electron chi connectivity index (χ1n) is 5.84. The lowest BCUT2D eigenvalue weighted by molar-refractivity contribution is 0.0887. The molecule has 92 valence electrons. The van der Waals surface area contributed by atoms with Gasteiger partial charge in [-0.3, -0.25) is 9.69 Å². The van der Waals surface area contributed by atoms with Gasteiger partial charge in [-0.1, -0.05) is 12.1 Å². The van der Waals surface area contributed by atoms with Crippen molar-refractivity contribution in [2.45, 2.75) is 18.9 Å². The zero-order chi connectivity index (χ0) is 12.3. The zero-order valence-electron chi connectivity index (χ0n) is 9.60. The average Bonchev–Trinajstić information content (AvgIpc) is 2.76. The van der Waals surface area contributed by atoms with Gasteiger partial charge >= 0.3 is 0 Å². The molecule has 1 aliphatic heterocycles. The highest BCUT2D eigenvalue weighted by Gasteiger charge is 2.25. The standard InChI is InChI=1S/C13H16FNO2/c14-11-4-1-3-10(7-11)13(17)8-15-6-2-5-12(15)9-16/h1,3-4,7,12,16H,2,5-6,8-9H2. The minimum absolute atomic E-state index is 0.0764. The van der Waals surface area contributed by atoms with Crippen LogP contribution in [0.1, 0.15) is 23.2 Å². The molecule has 1 N–H and O–H groups in total. The summed E-state index contributed by atoms with van der Waals surface area (Å²) in [6, 6.07) is 5.81. The van der Waals surface area contributed by atoms with Crippen molar-refractivity contribution in [1.29, 1.82) is 0 Å². The second-order valence-corrected chi connectivity index (χ2v) is 4.38. The van der Waals surface area contributed by atoms with E-state index in [1.165, 1.54) is 18.2 Å². The van der Waals surface area contributed by atoms with Crippen molar-refractivity contribution in [2.75, 3.05) is 19.7 Å². The lowest BCUT2D eigenvalue weighted by Crippen LogP contribution is -2.36. The molecule has 1 aliphatic rings. The highest BCUT2D eigenvalue weighted by atomic mass is 19.1. The Morgan fingerprint density at radius 3 is 3.06 bits per heavy atom. The number of nitrogens with zero attached hydrogens (tertiary/aromatic N) is 1. The first kappa shape index (κ1) is 12.2. The summed E-state index contributed by atoms with van der Waals surface area (Å²) in [5.74, 6) is -0.485. The molecule has 0 aliphatic carbocycles. The van der Waals surface area contributed by atoms with Gasteiger partial charge in [-0.25, -0.2) is 4.39 Å². The van der Waals surface area contributed by atoms with Crippen molar-refractivity contribution in [2.24, 2.45) is 0 Å². The Balaban J connectivity index is 2.01. The van der Waals surface area contributed by atoms with Gasteiger partial charge in [0.05, 0.1) is 13.2 Å². The molecule has 17 heavy (non-hydrogen) atoms. The molecule has 0 radical (unpaired) electrons. The molecule has 1 saturated heterocycles. The summed E-state index contributed by atoms with van der Waals surface area (Å²) in [5.41, 5.74) is 0.397. The Morgan fingerprint density at radius 1 is 1.53 bits per heavy atom. The van der Waals surface area contributed by atoms with Gasteiger partial charge in [0.1, 0.15) is 5.82 Å². The molecule has 3 nitrogen and oxygen atoms in total. The van der Waals surface area contributed by atoms with Crippen molar-refractivity contribution in [3.8, 4) is 0 Å². The van der Waals surface area contributed by atoms with Crippen molar-refractivity contribution in [3.63, 3.8) is 0 Å². The van der Waals surface area contributed by atoms with E-state index >= 15 is 0 Å². The van der Waals surface area contributed by atoms with Crippen LogP contribution in [0.15, 0.2) is 24.3 Å². The Bertz CT molecular complexity index is 408. The van der Waals surface area contributed by atoms with E-state index in [9.17, 15) is 9.18 Å². The van der Waals surface area contributed by atoms with E-state index in [1.54, 1.807) is 6.07 Å². The van der Waals surface area contributed by atoms with Crippen LogP contribution in [-0.4, -0.2) is 41.5 Å². The number of Topliss-reactive ketones (excluding diaryl/α,β-unsaturated/α-hetero) is 1. The Morgan fingerprint density at radius 2 is 2.35 bits per heavy atom. The van der Waals surface area contributed by atoms with E-state index in [4.69, 9.17) is 5.11 Å². The predicted octanol–water partition coefficient (Wildman–Crippen LogP) is 1.47. The van der Waals surface area contributed by atoms with Crippen LogP contribution in [0.25, 0.3) is 0 Å². The van der Waals surface area contributed by atoms with Crippen LogP contribution in [0.5, 0.6) is 0 Å². The molecular formula is C13H16FNO2. The van der Waals surface area contributed by atoms with Crippen LogP contribution in [0, 0.1) is 5.82 Å². The van der Waals surface area contributed by atoms with E-state index < -0.39 is 5.82 Å². The molecule has 0 bridgehead atoms. The van der Waals surface area contributed by atoms with E-state index in [2.05, 4.69) is 0 Å². The summed E-state index contributed by atoms with van der Waals surface area (Å²) < 4.78 is 13.0. The first-order valence-corrected chi connectivity index (χ1v) is 5.84. The second-order valence-electron chi connectivity index (χ2n) is 4.38. The summed E-state index contributed by atoms with van der Waals surface area (Å²) in [7, 11) is 0. The lowest BCUT2D eigenvalue weighted by atomic mass is 10.1. The third kappa shape index (κ3) is 2.90. The van der Waals surface area contributed by atoms with Gasteiger partial charge in [0, 0.05) is 11.6 Å². The largest absolute Gasteiger partial charge is 0.395 e. The van der Waals surface area contributed by atoms with Crippen LogP contribution in [0.3, 0.4) is 0 Å². The Kier molecular flexibility index (Phi) is 3.86. The van der Waals surface area contributed by atoms with Gasteiger partial charge in [0.15, 0.2) is 5.78 Å². The molecule has 2 rings (SSSR count). The second kappa shape index (κ2) is 5.38. The van der Waals surface area contributed by atoms with Crippen LogP contribution >= 0.6 is 0 Å². The smallest absolute Gasteiger partial charge is 0.176 e. The first-order chi connectivity index (χ1) is 8.20. The molecule has 1 aromatic rings. The van der Waals surface area contributed by atoms with Gasteiger partial charge in [0.2, 0.25) is 0 Å². The predicted molar refractivity (Wildman–Crippen MR) is 62.4 cm³/mol. The monoisotopic (exact) mass is 237 g/mol. The van der Waals surface area contributed by atoms with Gasteiger partial charge in [-0.2, -0.15) is 0 Å². The quantitative estimate of drug-likeness (QED) is 0.806. The molecule has 1 atom stereocenters. The number of hydrogen-bond acceptors (Lipinski definition) is 3. The number of carbonyl (C=O) groups is 1. The number of aliphatic hydroxyl groups is 1. The van der Waals surface area contributed by atoms with Crippen molar-refractivity contribution >= 4 is 5.78 Å². The Hall–Kier alpha value is -1.26. The van der Waals surface area contributed by atoms with E-state index in [-0.39, 0.29) is 25.0 Å². The van der Waals surface area contributed by atoms with E-state index in [0.29, 0.717) is 5.56 Å². The summed E-state index contributed by atoms with van der Waals surface area (Å²) in [5, 5.41) is 9.15. The van der Waals surface area contributed by atoms with E-state index in [1.807, 2.05) is 4.90 Å². The maximum absolute atomic E-state index is 13.0. The van der Waals surface area contributed by atoms with Crippen molar-refractivity contribution in [3.05, 3.63) is 35.6 Å². The summed E-state index contributed by atoms with van der Waals surface area (Å²) in [4.78, 5) is 13.9. The molecular weight excluding hydrogens is 221 g/mol. The number of ketones is 1. The maximum atomic E-state index is 13.0. The average molecular weight is 237 g/mol. The number of hydrogen-bond donors (Lipinski definition) is 1. The van der Waals surface area contributed by atoms with Gasteiger partial charge < -0.3 is 5.11 Å². The molecule has 0 spiro atoms. The molecule has 1 aromatic carbocycles. The number of halogens is 1. The third-order valence-corrected chi connectivity index (χ3v) is 3.20. The molecule has 4 heteroatoms. The maximum Gasteiger partial charge on any atom is 0.176 e. The summed E-state index contributed by atoms with van der Waals surface area (Å²) in [6.45, 7) is 1.16. The van der Waals surface area contributed by atoms with Gasteiger partial charge in [-0.15, -0.1) is 0 Å². The molecule has 0 aromatic heterocycles. The summed E-state index contributed by atoms with van der Waals surface area (Å²) >= 11 is 0. The summed E-state index contributed by atoms with van der Waals surface area (Å²) in [6.07, 6.45) is 1.93. The fourth-order valence-electron chi connectivity index (χ4n) is 2.25. The number of aliphatic hydroxyl groups excluding tert-OH is 1. The van der Waals surface area contributed by atoms with Crippen molar-refractivity contribution in [1.82, 2.24) is 4.90 Å².